The van der Waals surface area contributed by atoms with Crippen molar-refractivity contribution in [1.82, 2.24) is 15.2 Å². The molecule has 3 rings (SSSR count). The van der Waals surface area contributed by atoms with E-state index in [1.165, 1.54) is 12.8 Å². The molecule has 19 heavy (non-hydrogen) atoms. The number of piperidine rings is 1. The minimum absolute atomic E-state index is 0.118. The average molecular weight is 279 g/mol. The van der Waals surface area contributed by atoms with Crippen LogP contribution < -0.4 is 5.32 Å². The van der Waals surface area contributed by atoms with Gasteiger partial charge in [-0.05, 0) is 38.1 Å². The van der Waals surface area contributed by atoms with Gasteiger partial charge in [-0.3, -0.25) is 4.79 Å². The Bertz CT molecular complexity index is 453. The second-order valence-electron chi connectivity index (χ2n) is 5.72. The molecule has 1 aromatic rings. The standard InChI is InChI=1S/C14H21N3OS/c1-10-4-3-7-17(8-10)14(18)12-9-19-13(16-12)11-5-2-6-15-11/h9-11,15H,2-8H2,1H3. The van der Waals surface area contributed by atoms with E-state index in [0.29, 0.717) is 17.7 Å². The maximum Gasteiger partial charge on any atom is 0.273 e. The summed E-state index contributed by atoms with van der Waals surface area (Å²) < 4.78 is 0. The molecule has 0 aromatic carbocycles. The van der Waals surface area contributed by atoms with Crippen molar-refractivity contribution in [3.63, 3.8) is 0 Å². The number of hydrogen-bond acceptors (Lipinski definition) is 4. The summed E-state index contributed by atoms with van der Waals surface area (Å²) >= 11 is 1.62. The van der Waals surface area contributed by atoms with Gasteiger partial charge in [0.25, 0.3) is 5.91 Å². The van der Waals surface area contributed by atoms with E-state index in [9.17, 15) is 4.79 Å². The zero-order valence-electron chi connectivity index (χ0n) is 11.4. The zero-order chi connectivity index (χ0) is 13.2. The zero-order valence-corrected chi connectivity index (χ0v) is 12.2. The molecular weight excluding hydrogens is 258 g/mol. The molecule has 2 atom stereocenters. The van der Waals surface area contributed by atoms with Gasteiger partial charge in [-0.25, -0.2) is 4.98 Å². The fourth-order valence-corrected chi connectivity index (χ4v) is 3.88. The van der Waals surface area contributed by atoms with Crippen molar-refractivity contribution in [2.75, 3.05) is 19.6 Å². The number of likely N-dealkylation sites (tertiary alicyclic amines) is 1. The lowest BCUT2D eigenvalue weighted by Gasteiger charge is -2.30. The van der Waals surface area contributed by atoms with Crippen LogP contribution in [0.3, 0.4) is 0 Å². The highest BCUT2D eigenvalue weighted by Gasteiger charge is 2.25. The van der Waals surface area contributed by atoms with E-state index in [1.807, 2.05) is 10.3 Å². The Hall–Kier alpha value is -0.940. The van der Waals surface area contributed by atoms with Crippen LogP contribution in [0, 0.1) is 5.92 Å². The third-order valence-corrected chi connectivity index (χ3v) is 5.00. The molecule has 5 heteroatoms. The average Bonchev–Trinajstić information content (AvgIpc) is 3.08. The third-order valence-electron chi connectivity index (χ3n) is 4.04. The number of hydrogen-bond donors (Lipinski definition) is 1. The van der Waals surface area contributed by atoms with Crippen molar-refractivity contribution in [2.24, 2.45) is 5.92 Å². The van der Waals surface area contributed by atoms with Gasteiger partial charge in [0, 0.05) is 18.5 Å². The molecule has 3 heterocycles. The normalized spacial score (nSPS) is 27.7. The molecule has 2 fully saturated rings. The van der Waals surface area contributed by atoms with Crippen LogP contribution in [-0.2, 0) is 0 Å². The Labute approximate surface area is 118 Å². The molecule has 2 aliphatic rings. The lowest BCUT2D eigenvalue weighted by molar-refractivity contribution is 0.0677. The van der Waals surface area contributed by atoms with Gasteiger partial charge in [0.15, 0.2) is 0 Å². The number of amides is 1. The van der Waals surface area contributed by atoms with E-state index in [4.69, 9.17) is 0 Å². The Balaban J connectivity index is 1.69. The maximum atomic E-state index is 12.4. The van der Waals surface area contributed by atoms with E-state index in [-0.39, 0.29) is 5.91 Å². The van der Waals surface area contributed by atoms with Gasteiger partial charge in [-0.15, -0.1) is 11.3 Å². The molecule has 1 amide bonds. The fourth-order valence-electron chi connectivity index (χ4n) is 2.98. The van der Waals surface area contributed by atoms with E-state index in [2.05, 4.69) is 17.2 Å². The monoisotopic (exact) mass is 279 g/mol. The Kier molecular flexibility index (Phi) is 3.84. The van der Waals surface area contributed by atoms with Crippen LogP contribution in [0.5, 0.6) is 0 Å². The molecular formula is C14H21N3OS. The fraction of sp³-hybridized carbons (Fsp3) is 0.714. The largest absolute Gasteiger partial charge is 0.337 e. The molecule has 1 N–H and O–H groups in total. The summed E-state index contributed by atoms with van der Waals surface area (Å²) in [7, 11) is 0. The first-order chi connectivity index (χ1) is 9.24. The molecule has 0 radical (unpaired) electrons. The second kappa shape index (κ2) is 5.59. The predicted molar refractivity (Wildman–Crippen MR) is 76.4 cm³/mol. The summed E-state index contributed by atoms with van der Waals surface area (Å²) in [4.78, 5) is 18.9. The van der Waals surface area contributed by atoms with Crippen LogP contribution in [0.4, 0.5) is 0 Å². The van der Waals surface area contributed by atoms with Crippen molar-refractivity contribution in [2.45, 2.75) is 38.6 Å². The second-order valence-corrected chi connectivity index (χ2v) is 6.61. The van der Waals surface area contributed by atoms with Crippen LogP contribution in [-0.4, -0.2) is 35.4 Å². The van der Waals surface area contributed by atoms with Crippen LogP contribution in [0.1, 0.15) is 54.1 Å². The van der Waals surface area contributed by atoms with Gasteiger partial charge >= 0.3 is 0 Å². The van der Waals surface area contributed by atoms with Gasteiger partial charge in [0.05, 0.1) is 6.04 Å². The lowest BCUT2D eigenvalue weighted by Crippen LogP contribution is -2.39. The van der Waals surface area contributed by atoms with E-state index in [0.717, 1.165) is 37.5 Å². The van der Waals surface area contributed by atoms with E-state index in [1.54, 1.807) is 11.3 Å². The van der Waals surface area contributed by atoms with E-state index >= 15 is 0 Å². The number of carbonyl (C=O) groups excluding carboxylic acids is 1. The van der Waals surface area contributed by atoms with Crippen molar-refractivity contribution >= 4 is 17.2 Å². The third kappa shape index (κ3) is 2.82. The van der Waals surface area contributed by atoms with Crippen LogP contribution in [0.25, 0.3) is 0 Å². The summed E-state index contributed by atoms with van der Waals surface area (Å²) in [6.07, 6.45) is 4.70. The Morgan fingerprint density at radius 2 is 2.37 bits per heavy atom. The van der Waals surface area contributed by atoms with Gasteiger partial charge in [-0.2, -0.15) is 0 Å². The van der Waals surface area contributed by atoms with E-state index < -0.39 is 0 Å². The number of nitrogens with one attached hydrogen (secondary N) is 1. The maximum absolute atomic E-state index is 12.4. The summed E-state index contributed by atoms with van der Waals surface area (Å²) in [5.74, 6) is 0.736. The van der Waals surface area contributed by atoms with Crippen molar-refractivity contribution in [3.8, 4) is 0 Å². The summed E-state index contributed by atoms with van der Waals surface area (Å²) in [6, 6.07) is 0.367. The lowest BCUT2D eigenvalue weighted by atomic mass is 10.0. The number of nitrogens with zero attached hydrogens (tertiary/aromatic N) is 2. The highest BCUT2D eigenvalue weighted by molar-refractivity contribution is 7.09. The Morgan fingerprint density at radius 1 is 1.47 bits per heavy atom. The topological polar surface area (TPSA) is 45.2 Å². The number of rotatable bonds is 2. The first-order valence-electron chi connectivity index (χ1n) is 7.22. The van der Waals surface area contributed by atoms with Crippen LogP contribution in [0.2, 0.25) is 0 Å². The van der Waals surface area contributed by atoms with Gasteiger partial charge < -0.3 is 10.2 Å². The molecule has 0 spiro atoms. The molecule has 0 bridgehead atoms. The number of carbonyl (C=O) groups is 1. The first kappa shape index (κ1) is 13.1. The smallest absolute Gasteiger partial charge is 0.273 e. The van der Waals surface area contributed by atoms with Crippen molar-refractivity contribution < 1.29 is 4.79 Å². The summed E-state index contributed by atoms with van der Waals surface area (Å²) in [5, 5.41) is 6.44. The van der Waals surface area contributed by atoms with Crippen LogP contribution >= 0.6 is 11.3 Å². The van der Waals surface area contributed by atoms with Gasteiger partial charge in [-0.1, -0.05) is 6.92 Å². The summed E-state index contributed by atoms with van der Waals surface area (Å²) in [6.45, 7) is 5.05. The first-order valence-corrected chi connectivity index (χ1v) is 8.10. The molecule has 2 aliphatic heterocycles. The van der Waals surface area contributed by atoms with Gasteiger partial charge in [0.2, 0.25) is 0 Å². The minimum Gasteiger partial charge on any atom is -0.337 e. The SMILES string of the molecule is CC1CCCN(C(=O)c2csc(C3CCCN3)n2)C1. The quantitative estimate of drug-likeness (QED) is 0.904. The molecule has 1 aromatic heterocycles. The molecule has 104 valence electrons. The molecule has 0 saturated carbocycles. The molecule has 0 aliphatic carbocycles. The Morgan fingerprint density at radius 3 is 3.11 bits per heavy atom. The highest BCUT2D eigenvalue weighted by Crippen LogP contribution is 2.27. The predicted octanol–water partition coefficient (Wildman–Crippen LogP) is 2.44. The molecule has 2 saturated heterocycles. The number of thiazole rings is 1. The number of aromatic nitrogens is 1. The minimum atomic E-state index is 0.118. The van der Waals surface area contributed by atoms with Crippen LogP contribution in [0.15, 0.2) is 5.38 Å². The van der Waals surface area contributed by atoms with Crippen molar-refractivity contribution in [3.05, 3.63) is 16.1 Å². The molecule has 4 nitrogen and oxygen atoms in total. The molecule has 2 unspecified atom stereocenters. The summed E-state index contributed by atoms with van der Waals surface area (Å²) in [5.41, 5.74) is 0.641. The van der Waals surface area contributed by atoms with Gasteiger partial charge in [0.1, 0.15) is 10.7 Å². The van der Waals surface area contributed by atoms with Crippen molar-refractivity contribution in [1.29, 1.82) is 0 Å². The highest BCUT2D eigenvalue weighted by atomic mass is 32.1.